The highest BCUT2D eigenvalue weighted by atomic mass is 32.2. The molecule has 0 aliphatic heterocycles. The van der Waals surface area contributed by atoms with Gasteiger partial charge in [0.05, 0.1) is 0 Å². The zero-order valence-corrected chi connectivity index (χ0v) is 13.9. The van der Waals surface area contributed by atoms with Gasteiger partial charge in [0.15, 0.2) is 5.60 Å². The van der Waals surface area contributed by atoms with Crippen molar-refractivity contribution in [2.24, 2.45) is 0 Å². The van der Waals surface area contributed by atoms with Gasteiger partial charge < -0.3 is 10.2 Å². The van der Waals surface area contributed by atoms with E-state index in [1.165, 1.54) is 0 Å². The van der Waals surface area contributed by atoms with Crippen molar-refractivity contribution in [3.05, 3.63) is 66.2 Å². The quantitative estimate of drug-likeness (QED) is 0.441. The lowest BCUT2D eigenvalue weighted by molar-refractivity contribution is -0.155. The number of hydrogen-bond donors (Lipinski definition) is 2. The molecular formula is C17H19O3PS. The molecule has 0 amide bonds. The molecule has 2 N–H and O–H groups in total. The van der Waals surface area contributed by atoms with Crippen LogP contribution in [0.25, 0.3) is 0 Å². The maximum absolute atomic E-state index is 11.4. The Morgan fingerprint density at radius 3 is 2.23 bits per heavy atom. The zero-order valence-electron chi connectivity index (χ0n) is 12.1. The van der Waals surface area contributed by atoms with E-state index in [1.807, 2.05) is 60.7 Å². The molecule has 0 saturated carbocycles. The molecule has 0 aliphatic carbocycles. The second-order valence-corrected chi connectivity index (χ2v) is 7.80. The molecule has 0 aliphatic rings. The molecule has 116 valence electrons. The van der Waals surface area contributed by atoms with E-state index in [4.69, 9.17) is 0 Å². The number of carboxylic acids is 1. The van der Waals surface area contributed by atoms with Crippen molar-refractivity contribution in [1.82, 2.24) is 0 Å². The highest BCUT2D eigenvalue weighted by molar-refractivity contribution is 8.03. The molecule has 3 nitrogen and oxygen atoms in total. The third-order valence-electron chi connectivity index (χ3n) is 3.24. The summed E-state index contributed by atoms with van der Waals surface area (Å²) in [5, 5.41) is 19.8. The van der Waals surface area contributed by atoms with E-state index >= 15 is 0 Å². The van der Waals surface area contributed by atoms with Gasteiger partial charge in [0.25, 0.3) is 0 Å². The number of thioether (sulfide) groups is 1. The van der Waals surface area contributed by atoms with Gasteiger partial charge in [-0.15, -0.1) is 20.3 Å². The minimum atomic E-state index is -1.68. The number of carboxylic acid groups (broad SMARTS) is 1. The van der Waals surface area contributed by atoms with E-state index < -0.39 is 11.6 Å². The van der Waals surface area contributed by atoms with Crippen LogP contribution in [-0.4, -0.2) is 33.4 Å². The highest BCUT2D eigenvalue weighted by Gasteiger charge is 2.35. The Balaban J connectivity index is 1.87. The van der Waals surface area contributed by atoms with Gasteiger partial charge in [0, 0.05) is 23.0 Å². The zero-order chi connectivity index (χ0) is 15.8. The summed E-state index contributed by atoms with van der Waals surface area (Å²) in [4.78, 5) is 12.6. The van der Waals surface area contributed by atoms with Crippen molar-refractivity contribution >= 4 is 26.3 Å². The van der Waals surface area contributed by atoms with E-state index in [2.05, 4.69) is 0 Å². The van der Waals surface area contributed by atoms with Crippen LogP contribution in [0.15, 0.2) is 65.6 Å². The summed E-state index contributed by atoms with van der Waals surface area (Å²) < 4.78 is 0. The van der Waals surface area contributed by atoms with Crippen LogP contribution in [0.4, 0.5) is 0 Å². The van der Waals surface area contributed by atoms with E-state index in [1.54, 1.807) is 11.8 Å². The molecule has 2 unspecified atom stereocenters. The monoisotopic (exact) mass is 334 g/mol. The molecule has 2 rings (SSSR count). The van der Waals surface area contributed by atoms with Crippen molar-refractivity contribution in [1.29, 1.82) is 0 Å². The molecule has 0 bridgehead atoms. The molecule has 2 aromatic rings. The maximum atomic E-state index is 11.4. The summed E-state index contributed by atoms with van der Waals surface area (Å²) in [7, 11) is 0.386. The predicted octanol–water partition coefficient (Wildman–Crippen LogP) is 3.47. The fraction of sp³-hybridized carbons (Fsp3) is 0.235. The van der Waals surface area contributed by atoms with Gasteiger partial charge in [0.1, 0.15) is 0 Å². The molecule has 2 atom stereocenters. The average Bonchev–Trinajstić information content (AvgIpc) is 2.53. The van der Waals surface area contributed by atoms with Crippen LogP contribution in [-0.2, 0) is 11.2 Å². The molecule has 0 fully saturated rings. The molecule has 0 heterocycles. The van der Waals surface area contributed by atoms with Gasteiger partial charge in [-0.2, -0.15) is 0 Å². The van der Waals surface area contributed by atoms with Crippen molar-refractivity contribution in [2.45, 2.75) is 16.9 Å². The largest absolute Gasteiger partial charge is 0.479 e. The van der Waals surface area contributed by atoms with E-state index in [0.29, 0.717) is 8.58 Å². The summed E-state index contributed by atoms with van der Waals surface area (Å²) in [6, 6.07) is 19.3. The lowest BCUT2D eigenvalue weighted by atomic mass is 9.97. The van der Waals surface area contributed by atoms with Gasteiger partial charge in [-0.1, -0.05) is 48.5 Å². The first-order valence-electron chi connectivity index (χ1n) is 6.98. The van der Waals surface area contributed by atoms with Crippen molar-refractivity contribution in [3.8, 4) is 0 Å². The highest BCUT2D eigenvalue weighted by Crippen LogP contribution is 2.30. The standard InChI is InChI=1S/C17H19O3PS/c18-16(19)17(20,11-14-7-3-1-4-8-14)12-21-13-22-15-9-5-2-6-10-15/h1-10,20-21H,11-13H2,(H,18,19). The third-order valence-corrected chi connectivity index (χ3v) is 6.07. The van der Waals surface area contributed by atoms with Crippen molar-refractivity contribution < 1.29 is 15.0 Å². The number of rotatable bonds is 8. The number of hydrogen-bond acceptors (Lipinski definition) is 3. The van der Waals surface area contributed by atoms with Crippen LogP contribution in [0.5, 0.6) is 0 Å². The summed E-state index contributed by atoms with van der Waals surface area (Å²) in [5.74, 6) is -1.14. The van der Waals surface area contributed by atoms with Crippen LogP contribution in [0, 0.1) is 0 Å². The van der Waals surface area contributed by atoms with Crippen LogP contribution in [0.3, 0.4) is 0 Å². The normalized spacial score (nSPS) is 14.0. The Morgan fingerprint density at radius 2 is 1.64 bits per heavy atom. The number of benzene rings is 2. The van der Waals surface area contributed by atoms with Crippen molar-refractivity contribution in [3.63, 3.8) is 0 Å². The summed E-state index contributed by atoms with van der Waals surface area (Å²) >= 11 is 1.69. The van der Waals surface area contributed by atoms with Crippen LogP contribution < -0.4 is 0 Å². The van der Waals surface area contributed by atoms with Gasteiger partial charge >= 0.3 is 5.97 Å². The predicted molar refractivity (Wildman–Crippen MR) is 93.1 cm³/mol. The average molecular weight is 334 g/mol. The molecule has 2 aromatic carbocycles. The first kappa shape index (κ1) is 17.0. The summed E-state index contributed by atoms with van der Waals surface area (Å²) in [6.07, 6.45) is 0.420. The molecule has 22 heavy (non-hydrogen) atoms. The van der Waals surface area contributed by atoms with Crippen molar-refractivity contribution in [2.75, 3.05) is 11.7 Å². The van der Waals surface area contributed by atoms with Gasteiger partial charge in [-0.25, -0.2) is 4.79 Å². The minimum Gasteiger partial charge on any atom is -0.479 e. The Morgan fingerprint density at radius 1 is 1.05 bits per heavy atom. The molecular weight excluding hydrogens is 315 g/mol. The first-order chi connectivity index (χ1) is 10.6. The Hall–Kier alpha value is -1.35. The second kappa shape index (κ2) is 8.33. The Bertz CT molecular complexity index is 591. The molecule has 5 heteroatoms. The molecule has 0 saturated heterocycles. The van der Waals surface area contributed by atoms with E-state index in [-0.39, 0.29) is 12.6 Å². The van der Waals surface area contributed by atoms with Crippen LogP contribution in [0.1, 0.15) is 5.56 Å². The third kappa shape index (κ3) is 5.13. The Kier molecular flexibility index (Phi) is 6.44. The number of aliphatic carboxylic acids is 1. The van der Waals surface area contributed by atoms with Gasteiger partial charge in [-0.3, -0.25) is 0 Å². The van der Waals surface area contributed by atoms with E-state index in [9.17, 15) is 15.0 Å². The smallest absolute Gasteiger partial charge is 0.336 e. The fourth-order valence-electron chi connectivity index (χ4n) is 2.06. The Labute approximate surface area is 136 Å². The second-order valence-electron chi connectivity index (χ2n) is 5.03. The van der Waals surface area contributed by atoms with E-state index in [0.717, 1.165) is 16.0 Å². The van der Waals surface area contributed by atoms with Crippen LogP contribution in [0.2, 0.25) is 0 Å². The maximum Gasteiger partial charge on any atom is 0.336 e. The SMILES string of the molecule is O=C(O)C(O)(CPCSc1ccccc1)Cc1ccccc1. The lowest BCUT2D eigenvalue weighted by Gasteiger charge is -2.23. The van der Waals surface area contributed by atoms with Crippen LogP contribution >= 0.6 is 20.3 Å². The van der Waals surface area contributed by atoms with Gasteiger partial charge in [-0.05, 0) is 17.7 Å². The van der Waals surface area contributed by atoms with Gasteiger partial charge in [0.2, 0.25) is 0 Å². The lowest BCUT2D eigenvalue weighted by Crippen LogP contribution is -2.43. The molecule has 0 spiro atoms. The topological polar surface area (TPSA) is 57.5 Å². The minimum absolute atomic E-state index is 0.145. The number of aliphatic hydroxyl groups is 1. The number of carbonyl (C=O) groups is 1. The first-order valence-corrected chi connectivity index (χ1v) is 9.38. The summed E-state index contributed by atoms with van der Waals surface area (Å²) in [5.41, 5.74) is -0.0289. The molecule has 0 aromatic heterocycles. The summed E-state index contributed by atoms with van der Waals surface area (Å²) in [6.45, 7) is 0. The molecule has 0 radical (unpaired) electrons. The fourth-order valence-corrected chi connectivity index (χ4v) is 4.58.